The van der Waals surface area contributed by atoms with Gasteiger partial charge in [0, 0.05) is 11.7 Å². The first kappa shape index (κ1) is 16.3. The highest BCUT2D eigenvalue weighted by atomic mass is 32.2. The molecule has 3 N–H and O–H groups in total. The van der Waals surface area contributed by atoms with Gasteiger partial charge in [-0.15, -0.1) is 0 Å². The molecule has 0 spiro atoms. The van der Waals surface area contributed by atoms with Crippen molar-refractivity contribution in [2.45, 2.75) is 63.3 Å². The van der Waals surface area contributed by atoms with E-state index in [1.165, 1.54) is 12.8 Å². The van der Waals surface area contributed by atoms with Gasteiger partial charge in [-0.05, 0) is 62.3 Å². The third kappa shape index (κ3) is 4.20. The van der Waals surface area contributed by atoms with Crippen LogP contribution in [0.5, 0.6) is 0 Å². The van der Waals surface area contributed by atoms with Crippen LogP contribution >= 0.6 is 0 Å². The fourth-order valence-corrected chi connectivity index (χ4v) is 4.77. The molecular formula is C16H26N2O2S. The second kappa shape index (κ2) is 6.79. The Hall–Kier alpha value is -1.07. The monoisotopic (exact) mass is 310 g/mol. The molecule has 0 atom stereocenters. The quantitative estimate of drug-likeness (QED) is 0.820. The van der Waals surface area contributed by atoms with Crippen LogP contribution in [0.3, 0.4) is 0 Å². The number of rotatable bonds is 5. The Morgan fingerprint density at radius 1 is 1.24 bits per heavy atom. The molecule has 1 aromatic rings. The molecule has 0 heterocycles. The Bertz CT molecular complexity index is 576. The van der Waals surface area contributed by atoms with E-state index in [4.69, 9.17) is 5.73 Å². The van der Waals surface area contributed by atoms with E-state index in [1.54, 1.807) is 25.1 Å². The largest absolute Gasteiger partial charge is 0.399 e. The fourth-order valence-electron chi connectivity index (χ4n) is 3.23. The molecule has 21 heavy (non-hydrogen) atoms. The number of nitrogen functional groups attached to an aromatic ring is 1. The van der Waals surface area contributed by atoms with Crippen LogP contribution in [0, 0.1) is 12.8 Å². The third-order valence-corrected chi connectivity index (χ3v) is 6.03. The zero-order valence-electron chi connectivity index (χ0n) is 12.9. The second-order valence-electron chi connectivity index (χ2n) is 6.15. The highest BCUT2D eigenvalue weighted by Crippen LogP contribution is 2.29. The van der Waals surface area contributed by atoms with Crippen molar-refractivity contribution in [3.8, 4) is 0 Å². The molecular weight excluding hydrogens is 284 g/mol. The van der Waals surface area contributed by atoms with Gasteiger partial charge in [0.15, 0.2) is 0 Å². The molecule has 1 aromatic carbocycles. The van der Waals surface area contributed by atoms with Gasteiger partial charge >= 0.3 is 0 Å². The highest BCUT2D eigenvalue weighted by molar-refractivity contribution is 7.89. The first-order chi connectivity index (χ1) is 9.92. The standard InChI is InChI=1S/C16H26N2O2S/c1-3-4-13-5-8-15(9-6-13)18-21(19,20)16-10-7-14(17)11-12(16)2/h7,10-11,13,15,18H,3-6,8-9,17H2,1-2H3. The lowest BCUT2D eigenvalue weighted by Crippen LogP contribution is -2.37. The van der Waals surface area contributed by atoms with E-state index in [-0.39, 0.29) is 6.04 Å². The SMILES string of the molecule is CCCC1CCC(NS(=O)(=O)c2ccc(N)cc2C)CC1. The Morgan fingerprint density at radius 3 is 2.48 bits per heavy atom. The number of aryl methyl sites for hydroxylation is 1. The molecule has 0 saturated heterocycles. The number of nitrogens with one attached hydrogen (secondary N) is 1. The van der Waals surface area contributed by atoms with Crippen LogP contribution in [0.25, 0.3) is 0 Å². The Labute approximate surface area is 128 Å². The van der Waals surface area contributed by atoms with Crippen LogP contribution in [0.4, 0.5) is 5.69 Å². The van der Waals surface area contributed by atoms with E-state index in [0.717, 1.165) is 31.6 Å². The van der Waals surface area contributed by atoms with E-state index in [1.807, 2.05) is 0 Å². The van der Waals surface area contributed by atoms with Gasteiger partial charge in [-0.1, -0.05) is 19.8 Å². The second-order valence-corrected chi connectivity index (χ2v) is 7.83. The van der Waals surface area contributed by atoms with Crippen molar-refractivity contribution in [1.29, 1.82) is 0 Å². The van der Waals surface area contributed by atoms with Crippen LogP contribution < -0.4 is 10.5 Å². The van der Waals surface area contributed by atoms with Gasteiger partial charge in [0.1, 0.15) is 0 Å². The van der Waals surface area contributed by atoms with Crippen LogP contribution in [0.15, 0.2) is 23.1 Å². The van der Waals surface area contributed by atoms with Crippen molar-refractivity contribution in [2.24, 2.45) is 5.92 Å². The summed E-state index contributed by atoms with van der Waals surface area (Å²) in [7, 11) is -3.44. The molecule has 1 saturated carbocycles. The molecule has 0 amide bonds. The van der Waals surface area contributed by atoms with Crippen molar-refractivity contribution < 1.29 is 8.42 Å². The average Bonchev–Trinajstić information content (AvgIpc) is 2.40. The summed E-state index contributed by atoms with van der Waals surface area (Å²) in [5, 5.41) is 0. The van der Waals surface area contributed by atoms with Crippen LogP contribution in [-0.2, 0) is 10.0 Å². The minimum absolute atomic E-state index is 0.0695. The molecule has 5 heteroatoms. The summed E-state index contributed by atoms with van der Waals surface area (Å²) in [5.41, 5.74) is 6.97. The maximum Gasteiger partial charge on any atom is 0.241 e. The molecule has 0 bridgehead atoms. The van der Waals surface area contributed by atoms with Gasteiger partial charge in [0.05, 0.1) is 4.90 Å². The molecule has 0 aromatic heterocycles. The van der Waals surface area contributed by atoms with E-state index >= 15 is 0 Å². The normalized spacial score (nSPS) is 23.1. The Balaban J connectivity index is 2.02. The zero-order valence-corrected chi connectivity index (χ0v) is 13.7. The predicted molar refractivity (Wildman–Crippen MR) is 86.6 cm³/mol. The minimum Gasteiger partial charge on any atom is -0.399 e. The molecule has 4 nitrogen and oxygen atoms in total. The molecule has 118 valence electrons. The van der Waals surface area contributed by atoms with Crippen molar-refractivity contribution in [3.63, 3.8) is 0 Å². The van der Waals surface area contributed by atoms with E-state index < -0.39 is 10.0 Å². The molecule has 1 aliphatic carbocycles. The number of anilines is 1. The van der Waals surface area contributed by atoms with Crippen LogP contribution in [-0.4, -0.2) is 14.5 Å². The summed E-state index contributed by atoms with van der Waals surface area (Å²) >= 11 is 0. The third-order valence-electron chi connectivity index (χ3n) is 4.35. The van der Waals surface area contributed by atoms with Crippen LogP contribution in [0.2, 0.25) is 0 Å². The molecule has 1 aliphatic rings. The van der Waals surface area contributed by atoms with E-state index in [9.17, 15) is 8.42 Å². The van der Waals surface area contributed by atoms with Gasteiger partial charge in [0.25, 0.3) is 0 Å². The first-order valence-electron chi connectivity index (χ1n) is 7.81. The van der Waals surface area contributed by atoms with Gasteiger partial charge in [-0.3, -0.25) is 0 Å². The van der Waals surface area contributed by atoms with E-state index in [0.29, 0.717) is 16.1 Å². The number of nitrogens with two attached hydrogens (primary N) is 1. The summed E-state index contributed by atoms with van der Waals surface area (Å²) in [6, 6.07) is 5.00. The smallest absolute Gasteiger partial charge is 0.241 e. The molecule has 0 radical (unpaired) electrons. The lowest BCUT2D eigenvalue weighted by Gasteiger charge is -2.28. The predicted octanol–water partition coefficient (Wildman–Crippen LogP) is 3.21. The summed E-state index contributed by atoms with van der Waals surface area (Å²) < 4.78 is 27.8. The number of sulfonamides is 1. The molecule has 0 unspecified atom stereocenters. The van der Waals surface area contributed by atoms with Gasteiger partial charge < -0.3 is 5.73 Å². The van der Waals surface area contributed by atoms with E-state index in [2.05, 4.69) is 11.6 Å². The zero-order chi connectivity index (χ0) is 15.5. The summed E-state index contributed by atoms with van der Waals surface area (Å²) in [4.78, 5) is 0.340. The lowest BCUT2D eigenvalue weighted by molar-refractivity contribution is 0.297. The van der Waals surface area contributed by atoms with Crippen molar-refractivity contribution >= 4 is 15.7 Å². The number of benzene rings is 1. The Kier molecular flexibility index (Phi) is 5.27. The summed E-state index contributed by atoms with van der Waals surface area (Å²) in [5.74, 6) is 0.772. The van der Waals surface area contributed by atoms with Crippen molar-refractivity contribution in [1.82, 2.24) is 4.72 Å². The van der Waals surface area contributed by atoms with Crippen LogP contribution in [0.1, 0.15) is 51.0 Å². The molecule has 0 aliphatic heterocycles. The molecule has 2 rings (SSSR count). The summed E-state index contributed by atoms with van der Waals surface area (Å²) in [6.07, 6.45) is 6.61. The lowest BCUT2D eigenvalue weighted by atomic mass is 9.84. The molecule has 1 fully saturated rings. The minimum atomic E-state index is -3.44. The maximum absolute atomic E-state index is 12.5. The topological polar surface area (TPSA) is 72.2 Å². The highest BCUT2D eigenvalue weighted by Gasteiger charge is 2.26. The van der Waals surface area contributed by atoms with Crippen molar-refractivity contribution in [3.05, 3.63) is 23.8 Å². The van der Waals surface area contributed by atoms with Gasteiger partial charge in [-0.2, -0.15) is 0 Å². The fraction of sp³-hybridized carbons (Fsp3) is 0.625. The maximum atomic E-state index is 12.5. The van der Waals surface area contributed by atoms with Gasteiger partial charge in [-0.25, -0.2) is 13.1 Å². The number of hydrogen-bond donors (Lipinski definition) is 2. The first-order valence-corrected chi connectivity index (χ1v) is 9.29. The average molecular weight is 310 g/mol. The Morgan fingerprint density at radius 2 is 1.90 bits per heavy atom. The van der Waals surface area contributed by atoms with Crippen molar-refractivity contribution in [2.75, 3.05) is 5.73 Å². The summed E-state index contributed by atoms with van der Waals surface area (Å²) in [6.45, 7) is 3.99. The van der Waals surface area contributed by atoms with Gasteiger partial charge in [0.2, 0.25) is 10.0 Å². The number of hydrogen-bond acceptors (Lipinski definition) is 3.